The molecule has 5 nitrogen and oxygen atoms in total. The number of rotatable bonds is 5. The molecule has 0 saturated carbocycles. The molecule has 0 N–H and O–H groups in total. The number of nitrogens with zero attached hydrogens (tertiary/aromatic N) is 2. The number of hydrogen-bond donors (Lipinski definition) is 0. The summed E-state index contributed by atoms with van der Waals surface area (Å²) in [6, 6.07) is 14.0. The van der Waals surface area contributed by atoms with Crippen LogP contribution in [-0.4, -0.2) is 56.3 Å². The molecule has 2 heterocycles. The molecular formula is C22H25FN2O3. The molecule has 2 saturated heterocycles. The topological polar surface area (TPSA) is 42.0 Å². The summed E-state index contributed by atoms with van der Waals surface area (Å²) in [6.07, 6.45) is 2.30. The fourth-order valence-corrected chi connectivity index (χ4v) is 3.70. The van der Waals surface area contributed by atoms with Gasteiger partial charge in [-0.15, -0.1) is 0 Å². The van der Waals surface area contributed by atoms with E-state index in [0.29, 0.717) is 44.0 Å². The van der Waals surface area contributed by atoms with Crippen LogP contribution < -0.4 is 9.64 Å². The summed E-state index contributed by atoms with van der Waals surface area (Å²) in [4.78, 5) is 16.6. The number of carbonyl (C=O) groups is 1. The van der Waals surface area contributed by atoms with E-state index in [0.717, 1.165) is 25.2 Å². The molecule has 148 valence electrons. The summed E-state index contributed by atoms with van der Waals surface area (Å²) < 4.78 is 25.3. The third kappa shape index (κ3) is 4.28. The highest BCUT2D eigenvalue weighted by Gasteiger charge is 2.23. The third-order valence-corrected chi connectivity index (χ3v) is 5.32. The summed E-state index contributed by atoms with van der Waals surface area (Å²) in [5, 5.41) is 0. The number of ether oxygens (including phenoxy) is 2. The number of para-hydroxylation sites is 1. The maximum absolute atomic E-state index is 14.0. The number of anilines is 1. The van der Waals surface area contributed by atoms with E-state index in [-0.39, 0.29) is 17.8 Å². The summed E-state index contributed by atoms with van der Waals surface area (Å²) in [6.45, 7) is 3.75. The number of piperazine rings is 1. The maximum atomic E-state index is 14.0. The fourth-order valence-electron chi connectivity index (χ4n) is 3.70. The number of benzene rings is 2. The van der Waals surface area contributed by atoms with Crippen molar-refractivity contribution in [2.45, 2.75) is 18.9 Å². The Balaban J connectivity index is 1.30. The molecule has 2 aromatic carbocycles. The minimum absolute atomic E-state index is 0.00106. The third-order valence-electron chi connectivity index (χ3n) is 5.32. The van der Waals surface area contributed by atoms with E-state index in [9.17, 15) is 9.18 Å². The van der Waals surface area contributed by atoms with E-state index in [1.165, 1.54) is 6.07 Å². The van der Waals surface area contributed by atoms with Crippen LogP contribution in [0.4, 0.5) is 10.1 Å². The second-order valence-corrected chi connectivity index (χ2v) is 7.20. The first-order valence-electron chi connectivity index (χ1n) is 9.84. The standard InChI is InChI=1S/C22H25FN2O3/c23-20-5-1-2-6-21(20)24-11-13-25(14-12-24)22(26)17-7-9-18(10-8-17)28-16-19-4-3-15-27-19/h1-2,5-10,19H,3-4,11-16H2. The van der Waals surface area contributed by atoms with Crippen molar-refractivity contribution >= 4 is 11.6 Å². The lowest BCUT2D eigenvalue weighted by Crippen LogP contribution is -2.49. The van der Waals surface area contributed by atoms with E-state index in [1.807, 2.05) is 28.0 Å². The number of carbonyl (C=O) groups excluding carboxylic acids is 1. The Kier molecular flexibility index (Phi) is 5.76. The van der Waals surface area contributed by atoms with Crippen LogP contribution in [0.1, 0.15) is 23.2 Å². The summed E-state index contributed by atoms with van der Waals surface area (Å²) >= 11 is 0. The van der Waals surface area contributed by atoms with Crippen LogP contribution in [0.3, 0.4) is 0 Å². The molecule has 1 atom stereocenters. The monoisotopic (exact) mass is 384 g/mol. The normalized spacial score (nSPS) is 19.7. The van der Waals surface area contributed by atoms with Gasteiger partial charge in [-0.1, -0.05) is 12.1 Å². The fraction of sp³-hybridized carbons (Fsp3) is 0.409. The minimum atomic E-state index is -0.221. The van der Waals surface area contributed by atoms with Gasteiger partial charge in [-0.3, -0.25) is 4.79 Å². The first-order chi connectivity index (χ1) is 13.7. The predicted molar refractivity (Wildman–Crippen MR) is 105 cm³/mol. The number of hydrogen-bond acceptors (Lipinski definition) is 4. The highest BCUT2D eigenvalue weighted by molar-refractivity contribution is 5.94. The van der Waals surface area contributed by atoms with Gasteiger partial charge in [0.15, 0.2) is 0 Å². The minimum Gasteiger partial charge on any atom is -0.491 e. The largest absolute Gasteiger partial charge is 0.491 e. The Labute approximate surface area is 164 Å². The zero-order valence-corrected chi connectivity index (χ0v) is 15.9. The van der Waals surface area contributed by atoms with Crippen molar-refractivity contribution in [1.82, 2.24) is 4.90 Å². The summed E-state index contributed by atoms with van der Waals surface area (Å²) in [5.74, 6) is 0.524. The van der Waals surface area contributed by atoms with Gasteiger partial charge in [0, 0.05) is 38.3 Å². The highest BCUT2D eigenvalue weighted by Crippen LogP contribution is 2.21. The first-order valence-corrected chi connectivity index (χ1v) is 9.84. The van der Waals surface area contributed by atoms with E-state index in [1.54, 1.807) is 24.3 Å². The SMILES string of the molecule is O=C(c1ccc(OCC2CCCO2)cc1)N1CCN(c2ccccc2F)CC1. The molecule has 0 spiro atoms. The molecule has 4 rings (SSSR count). The van der Waals surface area contributed by atoms with E-state index in [2.05, 4.69) is 0 Å². The number of amides is 1. The van der Waals surface area contributed by atoms with Crippen molar-refractivity contribution in [2.24, 2.45) is 0 Å². The Bertz CT molecular complexity index is 798. The second-order valence-electron chi connectivity index (χ2n) is 7.20. The van der Waals surface area contributed by atoms with Crippen molar-refractivity contribution in [3.63, 3.8) is 0 Å². The molecule has 1 unspecified atom stereocenters. The van der Waals surface area contributed by atoms with Crippen molar-refractivity contribution in [3.05, 3.63) is 59.9 Å². The van der Waals surface area contributed by atoms with Crippen LogP contribution in [0.25, 0.3) is 0 Å². The highest BCUT2D eigenvalue weighted by atomic mass is 19.1. The van der Waals surface area contributed by atoms with Crippen LogP contribution in [0, 0.1) is 5.82 Å². The van der Waals surface area contributed by atoms with Gasteiger partial charge >= 0.3 is 0 Å². The Morgan fingerprint density at radius 2 is 1.82 bits per heavy atom. The summed E-state index contributed by atoms with van der Waals surface area (Å²) in [5.41, 5.74) is 1.24. The van der Waals surface area contributed by atoms with E-state index >= 15 is 0 Å². The van der Waals surface area contributed by atoms with Crippen LogP contribution in [0.2, 0.25) is 0 Å². The van der Waals surface area contributed by atoms with Gasteiger partial charge in [0.05, 0.1) is 11.8 Å². The van der Waals surface area contributed by atoms with Gasteiger partial charge < -0.3 is 19.3 Å². The zero-order valence-electron chi connectivity index (χ0n) is 15.9. The molecule has 6 heteroatoms. The lowest BCUT2D eigenvalue weighted by atomic mass is 10.1. The molecule has 2 aliphatic rings. The molecule has 1 amide bonds. The number of halogens is 1. The lowest BCUT2D eigenvalue weighted by Gasteiger charge is -2.36. The van der Waals surface area contributed by atoms with Crippen LogP contribution in [0.5, 0.6) is 5.75 Å². The Morgan fingerprint density at radius 3 is 2.50 bits per heavy atom. The van der Waals surface area contributed by atoms with Crippen LogP contribution in [-0.2, 0) is 4.74 Å². The van der Waals surface area contributed by atoms with Gasteiger partial charge in [-0.25, -0.2) is 4.39 Å². The molecule has 0 bridgehead atoms. The quantitative estimate of drug-likeness (QED) is 0.793. The molecule has 2 aromatic rings. The maximum Gasteiger partial charge on any atom is 0.253 e. The van der Waals surface area contributed by atoms with Crippen LogP contribution >= 0.6 is 0 Å². The van der Waals surface area contributed by atoms with Crippen molar-refractivity contribution in [1.29, 1.82) is 0 Å². The molecule has 2 fully saturated rings. The lowest BCUT2D eigenvalue weighted by molar-refractivity contribution is 0.0678. The van der Waals surface area contributed by atoms with Gasteiger partial charge in [0.2, 0.25) is 0 Å². The van der Waals surface area contributed by atoms with Crippen LogP contribution in [0.15, 0.2) is 48.5 Å². The average Bonchev–Trinajstić information content (AvgIpc) is 3.26. The van der Waals surface area contributed by atoms with Crippen molar-refractivity contribution in [3.8, 4) is 5.75 Å². The second kappa shape index (κ2) is 8.61. The Morgan fingerprint density at radius 1 is 1.07 bits per heavy atom. The molecule has 0 aliphatic carbocycles. The van der Waals surface area contributed by atoms with Gasteiger partial charge in [-0.2, -0.15) is 0 Å². The predicted octanol–water partition coefficient (Wildman–Crippen LogP) is 3.35. The van der Waals surface area contributed by atoms with E-state index in [4.69, 9.17) is 9.47 Å². The zero-order chi connectivity index (χ0) is 19.3. The molecular weight excluding hydrogens is 359 g/mol. The molecule has 0 aromatic heterocycles. The van der Waals surface area contributed by atoms with Crippen molar-refractivity contribution in [2.75, 3.05) is 44.3 Å². The average molecular weight is 384 g/mol. The Hall–Kier alpha value is -2.60. The molecule has 2 aliphatic heterocycles. The molecule has 28 heavy (non-hydrogen) atoms. The summed E-state index contributed by atoms with van der Waals surface area (Å²) in [7, 11) is 0. The smallest absolute Gasteiger partial charge is 0.253 e. The van der Waals surface area contributed by atoms with Gasteiger partial charge in [0.1, 0.15) is 18.2 Å². The van der Waals surface area contributed by atoms with E-state index < -0.39 is 0 Å². The van der Waals surface area contributed by atoms with Gasteiger partial charge in [-0.05, 0) is 49.2 Å². The van der Waals surface area contributed by atoms with Gasteiger partial charge in [0.25, 0.3) is 5.91 Å². The first kappa shape index (κ1) is 18.7. The molecule has 0 radical (unpaired) electrons. The van der Waals surface area contributed by atoms with Crippen molar-refractivity contribution < 1.29 is 18.7 Å².